The quantitative estimate of drug-likeness (QED) is 0.356. The lowest BCUT2D eigenvalue weighted by molar-refractivity contribution is -0.144. The first-order valence-corrected chi connectivity index (χ1v) is 12.6. The van der Waals surface area contributed by atoms with Crippen molar-refractivity contribution in [2.45, 2.75) is 94.1 Å². The molecule has 6 heteroatoms. The number of allylic oxidation sites excluding steroid dienone is 2. The van der Waals surface area contributed by atoms with Crippen LogP contribution in [0.3, 0.4) is 0 Å². The molecule has 0 amide bonds. The van der Waals surface area contributed by atoms with E-state index in [0.29, 0.717) is 29.1 Å². The van der Waals surface area contributed by atoms with Crippen LogP contribution in [0.15, 0.2) is 17.4 Å². The zero-order valence-corrected chi connectivity index (χ0v) is 22.8. The van der Waals surface area contributed by atoms with Gasteiger partial charge in [-0.25, -0.2) is 0 Å². The molecule has 192 valence electrons. The number of Topliss-reactive ketones (excluding diaryl/α,β-unsaturated/α-hetero) is 3. The first-order valence-electron chi connectivity index (χ1n) is 12.6. The van der Waals surface area contributed by atoms with Crippen molar-refractivity contribution in [3.63, 3.8) is 0 Å². The molecule has 35 heavy (non-hydrogen) atoms. The molecule has 0 bridgehead atoms. The molecule has 1 aliphatic carbocycles. The number of ketones is 3. The van der Waals surface area contributed by atoms with Gasteiger partial charge in [-0.1, -0.05) is 27.7 Å². The summed E-state index contributed by atoms with van der Waals surface area (Å²) >= 11 is 0. The van der Waals surface area contributed by atoms with Gasteiger partial charge >= 0.3 is 0 Å². The fourth-order valence-electron chi connectivity index (χ4n) is 5.37. The smallest absolute Gasteiger partial charge is 0.175 e. The van der Waals surface area contributed by atoms with Gasteiger partial charge in [0, 0.05) is 29.5 Å². The summed E-state index contributed by atoms with van der Waals surface area (Å²) in [5.74, 6) is -0.222. The topological polar surface area (TPSA) is 89.9 Å². The van der Waals surface area contributed by atoms with E-state index >= 15 is 0 Å². The highest BCUT2D eigenvalue weighted by Crippen LogP contribution is 2.57. The number of hydrogen-bond acceptors (Lipinski definition) is 6. The molecule has 1 aliphatic heterocycles. The predicted octanol–water partition coefficient (Wildman–Crippen LogP) is 6.39. The lowest BCUT2D eigenvalue weighted by Crippen LogP contribution is -2.51. The fraction of sp³-hybridized carbons (Fsp3) is 0.621. The summed E-state index contributed by atoms with van der Waals surface area (Å²) in [4.78, 5) is 40.4. The van der Waals surface area contributed by atoms with Gasteiger partial charge in [-0.05, 0) is 59.8 Å². The number of hydrogen-bond donors (Lipinski definition) is 1. The summed E-state index contributed by atoms with van der Waals surface area (Å²) in [6, 6.07) is 1.64. The van der Waals surface area contributed by atoms with Crippen molar-refractivity contribution in [2.75, 3.05) is 0 Å². The van der Waals surface area contributed by atoms with Gasteiger partial charge in [-0.15, -0.1) is 0 Å². The van der Waals surface area contributed by atoms with Gasteiger partial charge in [0.15, 0.2) is 17.3 Å². The van der Waals surface area contributed by atoms with E-state index in [9.17, 15) is 19.5 Å². The molecule has 1 atom stereocenters. The third-order valence-corrected chi connectivity index (χ3v) is 6.88. The van der Waals surface area contributed by atoms with Crippen LogP contribution in [-0.2, 0) is 9.59 Å². The van der Waals surface area contributed by atoms with Crippen LogP contribution in [-0.4, -0.2) is 28.6 Å². The number of ether oxygens (including phenoxy) is 2. The van der Waals surface area contributed by atoms with Crippen LogP contribution in [0, 0.1) is 22.7 Å². The number of benzene rings is 1. The third-order valence-electron chi connectivity index (χ3n) is 6.88. The first kappa shape index (κ1) is 27.0. The molecule has 1 aromatic carbocycles. The van der Waals surface area contributed by atoms with E-state index in [4.69, 9.17) is 9.47 Å². The monoisotopic (exact) mass is 484 g/mol. The molecular formula is C29H40O6. The minimum Gasteiger partial charge on any atom is -0.507 e. The summed E-state index contributed by atoms with van der Waals surface area (Å²) in [6.07, 6.45) is 0.563. The van der Waals surface area contributed by atoms with Crippen molar-refractivity contribution in [1.29, 1.82) is 0 Å². The molecule has 2 aliphatic rings. The van der Waals surface area contributed by atoms with Gasteiger partial charge in [0.05, 0.1) is 16.9 Å². The largest absolute Gasteiger partial charge is 0.507 e. The highest BCUT2D eigenvalue weighted by molar-refractivity contribution is 6.20. The van der Waals surface area contributed by atoms with Crippen molar-refractivity contribution in [3.05, 3.63) is 28.5 Å². The first-order chi connectivity index (χ1) is 16.0. The lowest BCUT2D eigenvalue weighted by atomic mass is 9.59. The van der Waals surface area contributed by atoms with Crippen molar-refractivity contribution in [3.8, 4) is 17.2 Å². The Morgan fingerprint density at radius 3 is 2.14 bits per heavy atom. The summed E-state index contributed by atoms with van der Waals surface area (Å²) < 4.78 is 12.3. The average Bonchev–Trinajstić information content (AvgIpc) is 2.69. The number of phenols is 1. The lowest BCUT2D eigenvalue weighted by Gasteiger charge is -2.45. The number of rotatable bonds is 7. The average molecular weight is 485 g/mol. The van der Waals surface area contributed by atoms with Crippen LogP contribution < -0.4 is 9.47 Å². The standard InChI is InChI=1S/C29H40O6/c1-14(2)11-17-21-19(35-26-22(17)25(32)28(7,8)27(33)29(26,9)10)13-20(34-16(5)6)23(24(21)31)18(30)12-15(3)4/h13-17,31H,11-12H2,1-10H3. The van der Waals surface area contributed by atoms with Crippen molar-refractivity contribution >= 4 is 17.3 Å². The zero-order chi connectivity index (χ0) is 26.6. The van der Waals surface area contributed by atoms with Crippen LogP contribution in [0.25, 0.3) is 0 Å². The third kappa shape index (κ3) is 4.52. The number of aromatic hydroxyl groups is 1. The van der Waals surface area contributed by atoms with Gasteiger partial charge in [0.2, 0.25) is 0 Å². The van der Waals surface area contributed by atoms with Crippen molar-refractivity contribution in [2.24, 2.45) is 22.7 Å². The van der Waals surface area contributed by atoms with Crippen LogP contribution in [0.2, 0.25) is 0 Å². The molecule has 6 nitrogen and oxygen atoms in total. The highest BCUT2D eigenvalue weighted by Gasteiger charge is 2.57. The van der Waals surface area contributed by atoms with Crippen LogP contribution >= 0.6 is 0 Å². The molecule has 0 spiro atoms. The van der Waals surface area contributed by atoms with E-state index in [1.165, 1.54) is 0 Å². The maximum Gasteiger partial charge on any atom is 0.175 e. The summed E-state index contributed by atoms with van der Waals surface area (Å²) in [5, 5.41) is 11.6. The second kappa shape index (κ2) is 9.11. The maximum absolute atomic E-state index is 13.7. The van der Waals surface area contributed by atoms with E-state index < -0.39 is 16.7 Å². The fourth-order valence-corrected chi connectivity index (χ4v) is 5.37. The molecule has 0 aromatic heterocycles. The Labute approximate surface area is 209 Å². The molecule has 0 saturated carbocycles. The predicted molar refractivity (Wildman–Crippen MR) is 135 cm³/mol. The number of phenolic OH excluding ortho intramolecular Hbond substituents is 1. The summed E-state index contributed by atoms with van der Waals surface area (Å²) in [7, 11) is 0. The van der Waals surface area contributed by atoms with Gasteiger partial charge in [-0.2, -0.15) is 0 Å². The SMILES string of the molecule is CC(C)CC(=O)c1c(OC(C)C)cc2c(c1O)C(CC(C)C)C1=C(O2)C(C)(C)C(=O)C(C)(C)C1=O. The van der Waals surface area contributed by atoms with Gasteiger partial charge in [0.25, 0.3) is 0 Å². The summed E-state index contributed by atoms with van der Waals surface area (Å²) in [6.45, 7) is 18.5. The van der Waals surface area contributed by atoms with Crippen LogP contribution in [0.4, 0.5) is 0 Å². The van der Waals surface area contributed by atoms with Gasteiger partial charge in [0.1, 0.15) is 28.6 Å². The second-order valence-corrected chi connectivity index (χ2v) is 12.1. The van der Waals surface area contributed by atoms with Crippen molar-refractivity contribution < 1.29 is 29.0 Å². The second-order valence-electron chi connectivity index (χ2n) is 12.1. The van der Waals surface area contributed by atoms with E-state index in [-0.39, 0.29) is 58.8 Å². The van der Waals surface area contributed by atoms with Crippen molar-refractivity contribution in [1.82, 2.24) is 0 Å². The van der Waals surface area contributed by atoms with Crippen LogP contribution in [0.5, 0.6) is 17.2 Å². The molecular weight excluding hydrogens is 444 g/mol. The molecule has 0 radical (unpaired) electrons. The molecule has 1 unspecified atom stereocenters. The maximum atomic E-state index is 13.7. The Kier molecular flexibility index (Phi) is 7.02. The van der Waals surface area contributed by atoms with Gasteiger partial charge < -0.3 is 14.6 Å². The molecule has 3 rings (SSSR count). The van der Waals surface area contributed by atoms with E-state index in [2.05, 4.69) is 0 Å². The molecule has 1 N–H and O–H groups in total. The minimum atomic E-state index is -1.22. The highest BCUT2D eigenvalue weighted by atomic mass is 16.5. The molecule has 1 aromatic rings. The molecule has 0 saturated heterocycles. The van der Waals surface area contributed by atoms with E-state index in [1.807, 2.05) is 41.5 Å². The van der Waals surface area contributed by atoms with Crippen LogP contribution in [0.1, 0.15) is 104 Å². The Bertz CT molecular complexity index is 1100. The Hall–Kier alpha value is -2.63. The van der Waals surface area contributed by atoms with E-state index in [0.717, 1.165) is 0 Å². The molecule has 0 fully saturated rings. The minimum absolute atomic E-state index is 0.0920. The molecule has 1 heterocycles. The Balaban J connectivity index is 2.36. The Morgan fingerprint density at radius 1 is 1.03 bits per heavy atom. The normalized spacial score (nSPS) is 20.8. The zero-order valence-electron chi connectivity index (χ0n) is 22.8. The Morgan fingerprint density at radius 2 is 1.63 bits per heavy atom. The van der Waals surface area contributed by atoms with Gasteiger partial charge in [-0.3, -0.25) is 14.4 Å². The van der Waals surface area contributed by atoms with E-state index in [1.54, 1.807) is 33.8 Å². The number of carbonyl (C=O) groups excluding carboxylic acids is 3. The number of carbonyl (C=O) groups is 3. The number of fused-ring (bicyclic) bond motifs is 1. The summed E-state index contributed by atoms with van der Waals surface area (Å²) in [5.41, 5.74) is -1.26.